The third kappa shape index (κ3) is 4.36. The molecule has 0 amide bonds. The maximum absolute atomic E-state index is 12.4. The summed E-state index contributed by atoms with van der Waals surface area (Å²) in [5.41, 5.74) is -0.126. The Kier molecular flexibility index (Phi) is 7.45. The first-order valence-electron chi connectivity index (χ1n) is 8.60. The van der Waals surface area contributed by atoms with Crippen LogP contribution in [-0.4, -0.2) is 36.7 Å². The first-order chi connectivity index (χ1) is 11.3. The van der Waals surface area contributed by atoms with Gasteiger partial charge in [0.05, 0.1) is 18.8 Å². The zero-order valence-corrected chi connectivity index (χ0v) is 15.3. The smallest absolute Gasteiger partial charge is 0.336 e. The predicted octanol–water partition coefficient (Wildman–Crippen LogP) is 2.94. The van der Waals surface area contributed by atoms with Crippen LogP contribution in [0, 0.1) is 5.92 Å². The topological polar surface area (TPSA) is 78.9 Å². The Morgan fingerprint density at radius 2 is 1.62 bits per heavy atom. The number of cyclic esters (lactones) is 1. The molecule has 0 N–H and O–H groups in total. The maximum Gasteiger partial charge on any atom is 0.336 e. The van der Waals surface area contributed by atoms with Gasteiger partial charge >= 0.3 is 17.9 Å². The summed E-state index contributed by atoms with van der Waals surface area (Å²) < 4.78 is 15.5. The van der Waals surface area contributed by atoms with Gasteiger partial charge in [-0.15, -0.1) is 0 Å². The summed E-state index contributed by atoms with van der Waals surface area (Å²) >= 11 is 0. The first-order valence-corrected chi connectivity index (χ1v) is 8.60. The third-order valence-electron chi connectivity index (χ3n) is 4.33. The lowest BCUT2D eigenvalue weighted by molar-refractivity contribution is -0.162. The number of esters is 3. The van der Waals surface area contributed by atoms with Crippen molar-refractivity contribution in [2.45, 2.75) is 65.9 Å². The summed E-state index contributed by atoms with van der Waals surface area (Å²) in [5, 5.41) is 0. The largest absolute Gasteiger partial charge is 0.465 e. The molecular formula is C18H28O6. The summed E-state index contributed by atoms with van der Waals surface area (Å²) in [6.45, 7) is 9.16. The van der Waals surface area contributed by atoms with E-state index in [0.717, 1.165) is 19.3 Å². The molecule has 0 aliphatic carbocycles. The van der Waals surface area contributed by atoms with Crippen LogP contribution in [0.2, 0.25) is 0 Å². The standard InChI is InChI=1S/C18H28O6/c1-6-9-10-11-18(5)12(4)13(17(21)24-18)14(15(19)22-7-2)16(20)23-8-3/h14H,6-11H2,1-5H3. The van der Waals surface area contributed by atoms with E-state index in [2.05, 4.69) is 6.92 Å². The lowest BCUT2D eigenvalue weighted by atomic mass is 9.86. The van der Waals surface area contributed by atoms with Gasteiger partial charge < -0.3 is 14.2 Å². The van der Waals surface area contributed by atoms with Gasteiger partial charge in [0.1, 0.15) is 5.60 Å². The van der Waals surface area contributed by atoms with Crippen LogP contribution >= 0.6 is 0 Å². The first kappa shape index (κ1) is 20.2. The molecule has 1 heterocycles. The number of carbonyl (C=O) groups excluding carboxylic acids is 3. The molecule has 1 aliphatic heterocycles. The lowest BCUT2D eigenvalue weighted by Crippen LogP contribution is -2.32. The summed E-state index contributed by atoms with van der Waals surface area (Å²) in [7, 11) is 0. The number of ether oxygens (including phenoxy) is 3. The lowest BCUT2D eigenvalue weighted by Gasteiger charge is -2.25. The second-order valence-electron chi connectivity index (χ2n) is 6.05. The molecule has 0 saturated heterocycles. The van der Waals surface area contributed by atoms with Gasteiger partial charge in [0.15, 0.2) is 5.92 Å². The van der Waals surface area contributed by atoms with E-state index < -0.39 is 29.4 Å². The van der Waals surface area contributed by atoms with Gasteiger partial charge in [0.25, 0.3) is 0 Å². The molecule has 24 heavy (non-hydrogen) atoms. The van der Waals surface area contributed by atoms with Crippen molar-refractivity contribution in [3.8, 4) is 0 Å². The number of hydrogen-bond donors (Lipinski definition) is 0. The molecule has 0 fully saturated rings. The minimum Gasteiger partial charge on any atom is -0.465 e. The van der Waals surface area contributed by atoms with Gasteiger partial charge in [-0.1, -0.05) is 19.8 Å². The molecule has 1 unspecified atom stereocenters. The highest BCUT2D eigenvalue weighted by Gasteiger charge is 2.49. The van der Waals surface area contributed by atoms with Gasteiger partial charge in [-0.25, -0.2) is 4.79 Å². The van der Waals surface area contributed by atoms with Crippen molar-refractivity contribution < 1.29 is 28.6 Å². The summed E-state index contributed by atoms with van der Waals surface area (Å²) in [6, 6.07) is 0. The average molecular weight is 340 g/mol. The minimum absolute atomic E-state index is 0.0610. The molecule has 1 aliphatic rings. The van der Waals surface area contributed by atoms with Crippen LogP contribution in [0.25, 0.3) is 0 Å². The fourth-order valence-electron chi connectivity index (χ4n) is 2.84. The van der Waals surface area contributed by atoms with Gasteiger partial charge in [-0.05, 0) is 46.1 Å². The highest BCUT2D eigenvalue weighted by Crippen LogP contribution is 2.40. The monoisotopic (exact) mass is 340 g/mol. The second-order valence-corrected chi connectivity index (χ2v) is 6.05. The van der Waals surface area contributed by atoms with Crippen LogP contribution in [0.4, 0.5) is 0 Å². The van der Waals surface area contributed by atoms with Crippen molar-refractivity contribution in [1.82, 2.24) is 0 Å². The Morgan fingerprint density at radius 1 is 1.08 bits per heavy atom. The van der Waals surface area contributed by atoms with Crippen LogP contribution in [0.15, 0.2) is 11.1 Å². The van der Waals surface area contributed by atoms with Gasteiger partial charge in [0.2, 0.25) is 0 Å². The number of carbonyl (C=O) groups is 3. The molecule has 1 atom stereocenters. The minimum atomic E-state index is -1.38. The Balaban J connectivity index is 3.18. The summed E-state index contributed by atoms with van der Waals surface area (Å²) in [5.74, 6) is -3.58. The van der Waals surface area contributed by atoms with E-state index in [9.17, 15) is 14.4 Å². The fraction of sp³-hybridized carbons (Fsp3) is 0.722. The van der Waals surface area contributed by atoms with Crippen molar-refractivity contribution >= 4 is 17.9 Å². The van der Waals surface area contributed by atoms with Crippen LogP contribution in [-0.2, 0) is 28.6 Å². The van der Waals surface area contributed by atoms with Crippen LogP contribution in [0.1, 0.15) is 60.3 Å². The van der Waals surface area contributed by atoms with Crippen LogP contribution < -0.4 is 0 Å². The molecule has 0 spiro atoms. The van der Waals surface area contributed by atoms with Crippen molar-refractivity contribution in [1.29, 1.82) is 0 Å². The Hall–Kier alpha value is -1.85. The molecule has 6 nitrogen and oxygen atoms in total. The molecule has 1 rings (SSSR count). The van der Waals surface area contributed by atoms with Crippen LogP contribution in [0.3, 0.4) is 0 Å². The molecule has 136 valence electrons. The average Bonchev–Trinajstić information content (AvgIpc) is 2.72. The highest BCUT2D eigenvalue weighted by atomic mass is 16.6. The zero-order chi connectivity index (χ0) is 18.3. The molecule has 0 aromatic carbocycles. The molecule has 0 bridgehead atoms. The van der Waals surface area contributed by atoms with Crippen LogP contribution in [0.5, 0.6) is 0 Å². The van der Waals surface area contributed by atoms with Gasteiger partial charge in [-0.3, -0.25) is 9.59 Å². The molecule has 6 heteroatoms. The summed E-state index contributed by atoms with van der Waals surface area (Å²) in [6.07, 6.45) is 3.62. The normalized spacial score (nSPS) is 20.3. The molecule has 0 radical (unpaired) electrons. The van der Waals surface area contributed by atoms with Gasteiger partial charge in [-0.2, -0.15) is 0 Å². The van der Waals surface area contributed by atoms with Crippen molar-refractivity contribution in [2.75, 3.05) is 13.2 Å². The second kappa shape index (κ2) is 8.85. The molecule has 0 saturated carbocycles. The fourth-order valence-corrected chi connectivity index (χ4v) is 2.84. The van der Waals surface area contributed by atoms with E-state index >= 15 is 0 Å². The maximum atomic E-state index is 12.4. The van der Waals surface area contributed by atoms with Crippen molar-refractivity contribution in [3.63, 3.8) is 0 Å². The Labute approximate surface area is 143 Å². The van der Waals surface area contributed by atoms with E-state index in [1.165, 1.54) is 0 Å². The van der Waals surface area contributed by atoms with E-state index in [4.69, 9.17) is 14.2 Å². The number of unbranched alkanes of at least 4 members (excludes halogenated alkanes) is 2. The predicted molar refractivity (Wildman–Crippen MR) is 88.1 cm³/mol. The Morgan fingerprint density at radius 3 is 2.08 bits per heavy atom. The third-order valence-corrected chi connectivity index (χ3v) is 4.33. The van der Waals surface area contributed by atoms with Crippen molar-refractivity contribution in [2.24, 2.45) is 5.92 Å². The highest BCUT2D eigenvalue weighted by molar-refractivity contribution is 6.09. The molecular weight excluding hydrogens is 312 g/mol. The van der Waals surface area contributed by atoms with E-state index in [1.54, 1.807) is 20.8 Å². The number of rotatable bonds is 9. The van der Waals surface area contributed by atoms with E-state index in [-0.39, 0.29) is 18.8 Å². The van der Waals surface area contributed by atoms with Gasteiger partial charge in [0, 0.05) is 0 Å². The zero-order valence-electron chi connectivity index (χ0n) is 15.3. The molecule has 0 aromatic rings. The van der Waals surface area contributed by atoms with Crippen molar-refractivity contribution in [3.05, 3.63) is 11.1 Å². The summed E-state index contributed by atoms with van der Waals surface area (Å²) in [4.78, 5) is 36.9. The SMILES string of the molecule is CCCCCC1(C)OC(=O)C(C(C(=O)OCC)C(=O)OCC)=C1C. The quantitative estimate of drug-likeness (QED) is 0.278. The van der Waals surface area contributed by atoms with E-state index in [1.807, 2.05) is 6.92 Å². The molecule has 0 aromatic heterocycles. The van der Waals surface area contributed by atoms with E-state index in [0.29, 0.717) is 12.0 Å². The number of hydrogen-bond acceptors (Lipinski definition) is 6. The Bertz CT molecular complexity index is 504.